The summed E-state index contributed by atoms with van der Waals surface area (Å²) in [6, 6.07) is 11.6. The van der Waals surface area contributed by atoms with Gasteiger partial charge in [-0.15, -0.1) is 0 Å². The summed E-state index contributed by atoms with van der Waals surface area (Å²) in [6.07, 6.45) is -3.00. The Bertz CT molecular complexity index is 1170. The van der Waals surface area contributed by atoms with Crippen LogP contribution in [0.4, 0.5) is 4.79 Å². The molecule has 6 atom stereocenters. The van der Waals surface area contributed by atoms with Gasteiger partial charge in [-0.1, -0.05) is 24.3 Å². The number of aryl methyl sites for hydroxylation is 1. The van der Waals surface area contributed by atoms with E-state index in [1.165, 1.54) is 0 Å². The van der Waals surface area contributed by atoms with Crippen molar-refractivity contribution in [1.29, 1.82) is 0 Å². The zero-order valence-corrected chi connectivity index (χ0v) is 22.9. The van der Waals surface area contributed by atoms with Crippen molar-refractivity contribution in [1.82, 2.24) is 15.5 Å². The van der Waals surface area contributed by atoms with Crippen molar-refractivity contribution >= 4 is 6.03 Å². The lowest BCUT2D eigenvalue weighted by Crippen LogP contribution is -2.58. The summed E-state index contributed by atoms with van der Waals surface area (Å²) in [5, 5.41) is 57.1. The maximum atomic E-state index is 12.4. The Hall–Kier alpha value is -2.73. The molecule has 4 aliphatic rings. The molecule has 2 bridgehead atoms. The molecule has 4 heterocycles. The molecular weight excluding hydrogens is 514 g/mol. The van der Waals surface area contributed by atoms with Crippen molar-refractivity contribution in [3.63, 3.8) is 0 Å². The molecule has 10 nitrogen and oxygen atoms in total. The largest absolute Gasteiger partial charge is 0.508 e. The third kappa shape index (κ3) is 6.27. The van der Waals surface area contributed by atoms with Gasteiger partial charge in [0, 0.05) is 24.7 Å². The van der Waals surface area contributed by atoms with Crippen LogP contribution in [0.3, 0.4) is 0 Å². The second kappa shape index (κ2) is 12.4. The summed E-state index contributed by atoms with van der Waals surface area (Å²) in [5.74, 6) is 0.500. The first-order valence-electron chi connectivity index (χ1n) is 14.2. The second-order valence-electron chi connectivity index (χ2n) is 11.5. The minimum Gasteiger partial charge on any atom is -0.508 e. The van der Waals surface area contributed by atoms with E-state index in [2.05, 4.69) is 15.5 Å². The molecule has 0 aliphatic carbocycles. The highest BCUT2D eigenvalue weighted by Gasteiger charge is 2.44. The molecule has 4 fully saturated rings. The molecule has 0 aromatic heterocycles. The number of nitrogens with one attached hydrogen (secondary N) is 2. The van der Waals surface area contributed by atoms with Gasteiger partial charge in [0.15, 0.2) is 0 Å². The average molecular weight is 556 g/mol. The zero-order valence-electron chi connectivity index (χ0n) is 22.9. The minimum atomic E-state index is -1.52. The van der Waals surface area contributed by atoms with Crippen LogP contribution in [0.15, 0.2) is 36.4 Å². The van der Waals surface area contributed by atoms with Crippen molar-refractivity contribution < 1.29 is 35.1 Å². The topological polar surface area (TPSA) is 155 Å². The Morgan fingerprint density at radius 1 is 1.02 bits per heavy atom. The summed E-state index contributed by atoms with van der Waals surface area (Å²) in [6.45, 7) is 5.13. The van der Waals surface area contributed by atoms with Crippen molar-refractivity contribution in [2.24, 2.45) is 5.92 Å². The van der Waals surface area contributed by atoms with Gasteiger partial charge >= 0.3 is 6.03 Å². The van der Waals surface area contributed by atoms with Crippen LogP contribution in [-0.4, -0.2) is 99.7 Å². The van der Waals surface area contributed by atoms with E-state index in [0.29, 0.717) is 25.3 Å². The van der Waals surface area contributed by atoms with E-state index < -0.39 is 37.1 Å². The first-order valence-corrected chi connectivity index (χ1v) is 14.2. The summed E-state index contributed by atoms with van der Waals surface area (Å²) in [5.41, 5.74) is 4.20. The smallest absolute Gasteiger partial charge is 0.315 e. The molecule has 6 rings (SSSR count). The van der Waals surface area contributed by atoms with E-state index in [4.69, 9.17) is 4.74 Å². The number of urea groups is 1. The van der Waals surface area contributed by atoms with Crippen LogP contribution in [0.25, 0.3) is 0 Å². The lowest BCUT2D eigenvalue weighted by molar-refractivity contribution is -0.232. The molecule has 2 aromatic rings. The molecular formula is C30H41N3O7. The van der Waals surface area contributed by atoms with Gasteiger partial charge in [-0.2, -0.15) is 0 Å². The molecule has 0 saturated carbocycles. The molecule has 0 spiro atoms. The van der Waals surface area contributed by atoms with E-state index in [1.807, 2.05) is 31.2 Å². The van der Waals surface area contributed by atoms with Crippen molar-refractivity contribution in [3.05, 3.63) is 64.2 Å². The molecule has 40 heavy (non-hydrogen) atoms. The number of benzene rings is 2. The van der Waals surface area contributed by atoms with Gasteiger partial charge in [-0.3, -0.25) is 0 Å². The minimum absolute atomic E-state index is 0.0917. The highest BCUT2D eigenvalue weighted by Crippen LogP contribution is 2.38. The summed E-state index contributed by atoms with van der Waals surface area (Å²) < 4.78 is 5.66. The van der Waals surface area contributed by atoms with E-state index in [0.717, 1.165) is 54.7 Å². The monoisotopic (exact) mass is 555 g/mol. The molecule has 7 N–H and O–H groups in total. The van der Waals surface area contributed by atoms with Crippen LogP contribution in [0, 0.1) is 12.8 Å². The quantitative estimate of drug-likeness (QED) is 0.252. The van der Waals surface area contributed by atoms with Gasteiger partial charge in [-0.05, 0) is 86.0 Å². The number of rotatable bonds is 8. The number of nitrogens with zero attached hydrogens (tertiary/aromatic N) is 1. The number of ether oxygens (including phenoxy) is 1. The molecule has 2 aromatic carbocycles. The lowest BCUT2D eigenvalue weighted by atomic mass is 9.84. The maximum absolute atomic E-state index is 12.4. The number of aliphatic hydroxyl groups excluding tert-OH is 4. The Morgan fingerprint density at radius 3 is 2.38 bits per heavy atom. The van der Waals surface area contributed by atoms with Crippen LogP contribution in [-0.2, 0) is 17.6 Å². The number of carbonyl (C=O) groups excluding carboxylic acids is 1. The van der Waals surface area contributed by atoms with E-state index in [9.17, 15) is 30.3 Å². The summed E-state index contributed by atoms with van der Waals surface area (Å²) in [4.78, 5) is 14.8. The SMILES string of the molecule is Cc1cc(O)c([C@@H]2O[C@H](CO)[C@@H](O)[C@H](O)[C@H]2O)cc1Cc1ccc(CCNC(=O)NC2CN3CCC2CC3)cc1. The van der Waals surface area contributed by atoms with Gasteiger partial charge in [0.05, 0.1) is 6.61 Å². The zero-order chi connectivity index (χ0) is 28.4. The van der Waals surface area contributed by atoms with Crippen LogP contribution < -0.4 is 10.6 Å². The number of aromatic hydroxyl groups is 1. The third-order valence-electron chi connectivity index (χ3n) is 8.77. The Balaban J connectivity index is 1.16. The van der Waals surface area contributed by atoms with Gasteiger partial charge in [0.2, 0.25) is 0 Å². The number of phenols is 1. The average Bonchev–Trinajstić information content (AvgIpc) is 2.95. The predicted molar refractivity (Wildman–Crippen MR) is 148 cm³/mol. The van der Waals surface area contributed by atoms with Crippen molar-refractivity contribution in [2.45, 2.75) is 69.2 Å². The van der Waals surface area contributed by atoms with Crippen molar-refractivity contribution in [3.8, 4) is 5.75 Å². The number of carbonyl (C=O) groups is 1. The Morgan fingerprint density at radius 2 is 1.73 bits per heavy atom. The number of hydrogen-bond acceptors (Lipinski definition) is 8. The van der Waals surface area contributed by atoms with Gasteiger partial charge < -0.3 is 45.8 Å². The van der Waals surface area contributed by atoms with Gasteiger partial charge in [0.25, 0.3) is 0 Å². The number of aliphatic hydroxyl groups is 4. The molecule has 0 radical (unpaired) electrons. The molecule has 4 aliphatic heterocycles. The number of hydrogen-bond donors (Lipinski definition) is 7. The summed E-state index contributed by atoms with van der Waals surface area (Å²) in [7, 11) is 0. The first kappa shape index (κ1) is 28.8. The van der Waals surface area contributed by atoms with E-state index in [-0.39, 0.29) is 23.4 Å². The molecule has 4 saturated heterocycles. The van der Waals surface area contributed by atoms with Crippen LogP contribution >= 0.6 is 0 Å². The van der Waals surface area contributed by atoms with Crippen LogP contribution in [0.5, 0.6) is 5.75 Å². The van der Waals surface area contributed by atoms with Crippen LogP contribution in [0.1, 0.15) is 46.8 Å². The first-order chi connectivity index (χ1) is 19.2. The molecule has 2 amide bonds. The normalized spacial score (nSPS) is 31.6. The molecule has 218 valence electrons. The predicted octanol–water partition coefficient (Wildman–Crippen LogP) is 0.742. The third-order valence-corrected chi connectivity index (χ3v) is 8.77. The van der Waals surface area contributed by atoms with Crippen molar-refractivity contribution in [2.75, 3.05) is 32.8 Å². The van der Waals surface area contributed by atoms with E-state index >= 15 is 0 Å². The van der Waals surface area contributed by atoms with Gasteiger partial charge in [-0.25, -0.2) is 4.79 Å². The molecule has 1 unspecified atom stereocenters. The number of fused-ring (bicyclic) bond motifs is 3. The highest BCUT2D eigenvalue weighted by molar-refractivity contribution is 5.74. The number of phenolic OH excluding ortho intramolecular Hbond substituents is 1. The fourth-order valence-electron chi connectivity index (χ4n) is 6.25. The Labute approximate surface area is 234 Å². The lowest BCUT2D eigenvalue weighted by Gasteiger charge is -2.44. The van der Waals surface area contributed by atoms with E-state index in [1.54, 1.807) is 12.1 Å². The maximum Gasteiger partial charge on any atom is 0.315 e. The van der Waals surface area contributed by atoms with Gasteiger partial charge in [0.1, 0.15) is 36.3 Å². The second-order valence-corrected chi connectivity index (χ2v) is 11.5. The number of amides is 2. The standard InChI is InChI=1S/C30H41N3O7/c1-17-12-24(35)22(29-28(38)27(37)26(36)25(16-34)40-29)14-21(17)13-19-4-2-18(3-5-19)6-9-31-30(39)32-23-15-33-10-7-20(23)8-11-33/h2-5,12,14,20,23,25-29,34-38H,6-11,13,15-16H2,1H3,(H2,31,32,39)/t23?,25-,26-,27+,28-,29+/m1/s1. The summed E-state index contributed by atoms with van der Waals surface area (Å²) >= 11 is 0. The fraction of sp³-hybridized carbons (Fsp3) is 0.567. The number of piperidine rings is 3. The fourth-order valence-corrected chi connectivity index (χ4v) is 6.25. The highest BCUT2D eigenvalue weighted by atomic mass is 16.5. The molecule has 10 heteroatoms. The Kier molecular flexibility index (Phi) is 8.94. The van der Waals surface area contributed by atoms with Crippen LogP contribution in [0.2, 0.25) is 0 Å².